The lowest BCUT2D eigenvalue weighted by atomic mass is 9.84. The van der Waals surface area contributed by atoms with E-state index >= 15 is 0 Å². The molecule has 1 amide bonds. The second-order valence-corrected chi connectivity index (χ2v) is 6.95. The molecule has 5 nitrogen and oxygen atoms in total. The van der Waals surface area contributed by atoms with Crippen LogP contribution in [0.25, 0.3) is 0 Å². The molecule has 2 aliphatic heterocycles. The molecular formula is C19H22N2O3. The number of ether oxygens (including phenoxy) is 1. The van der Waals surface area contributed by atoms with Gasteiger partial charge in [-0.25, -0.2) is 0 Å². The maximum Gasteiger partial charge on any atom is 0.259 e. The zero-order chi connectivity index (χ0) is 16.6. The number of nitrogens with zero attached hydrogens (tertiary/aromatic N) is 2. The molecule has 126 valence electrons. The van der Waals surface area contributed by atoms with Gasteiger partial charge >= 0.3 is 0 Å². The standard InChI is InChI=1S/C19H22N2O3/c1-14-17(12-24-20-14)18(22)21-9-5-8-19(13-21)10-16(11-23-19)15-6-3-2-4-7-15/h2-4,6-7,12,16H,5,8-11,13H2,1H3. The number of rotatable bonds is 2. The van der Waals surface area contributed by atoms with E-state index in [9.17, 15) is 4.79 Å². The summed E-state index contributed by atoms with van der Waals surface area (Å²) in [6, 6.07) is 10.5. The highest BCUT2D eigenvalue weighted by atomic mass is 16.5. The molecule has 0 bridgehead atoms. The Morgan fingerprint density at radius 2 is 2.17 bits per heavy atom. The van der Waals surface area contributed by atoms with Crippen LogP contribution in [0.15, 0.2) is 41.1 Å². The number of benzene rings is 1. The first kappa shape index (κ1) is 15.4. The molecule has 2 aliphatic rings. The van der Waals surface area contributed by atoms with E-state index in [4.69, 9.17) is 9.26 Å². The SMILES string of the molecule is Cc1nocc1C(=O)N1CCCC2(CC(c3ccccc3)CO2)C1. The van der Waals surface area contributed by atoms with Crippen LogP contribution in [0.5, 0.6) is 0 Å². The van der Waals surface area contributed by atoms with E-state index in [1.807, 2.05) is 11.0 Å². The molecular weight excluding hydrogens is 304 g/mol. The van der Waals surface area contributed by atoms with E-state index < -0.39 is 0 Å². The van der Waals surface area contributed by atoms with Crippen LogP contribution in [0.3, 0.4) is 0 Å². The monoisotopic (exact) mass is 326 g/mol. The van der Waals surface area contributed by atoms with E-state index in [1.54, 1.807) is 6.92 Å². The second kappa shape index (κ2) is 6.06. The fraction of sp³-hybridized carbons (Fsp3) is 0.474. The van der Waals surface area contributed by atoms with Crippen LogP contribution in [0.1, 0.15) is 46.8 Å². The highest BCUT2D eigenvalue weighted by Crippen LogP contribution is 2.41. The van der Waals surface area contributed by atoms with Crippen molar-refractivity contribution in [1.29, 1.82) is 0 Å². The molecule has 5 heteroatoms. The van der Waals surface area contributed by atoms with Crippen molar-refractivity contribution in [1.82, 2.24) is 10.1 Å². The fourth-order valence-electron chi connectivity index (χ4n) is 4.01. The highest BCUT2D eigenvalue weighted by molar-refractivity contribution is 5.95. The number of aryl methyl sites for hydroxylation is 1. The number of amides is 1. The summed E-state index contributed by atoms with van der Waals surface area (Å²) in [5.74, 6) is 0.415. The molecule has 2 saturated heterocycles. The molecule has 1 aromatic carbocycles. The maximum absolute atomic E-state index is 12.7. The lowest BCUT2D eigenvalue weighted by Gasteiger charge is -2.39. The summed E-state index contributed by atoms with van der Waals surface area (Å²) < 4.78 is 11.2. The summed E-state index contributed by atoms with van der Waals surface area (Å²) in [6.45, 7) is 3.96. The van der Waals surface area contributed by atoms with Gasteiger partial charge in [0.2, 0.25) is 0 Å². The minimum Gasteiger partial charge on any atom is -0.372 e. The number of hydrogen-bond donors (Lipinski definition) is 0. The van der Waals surface area contributed by atoms with Gasteiger partial charge < -0.3 is 14.2 Å². The van der Waals surface area contributed by atoms with E-state index in [2.05, 4.69) is 29.4 Å². The quantitative estimate of drug-likeness (QED) is 0.850. The van der Waals surface area contributed by atoms with E-state index in [1.165, 1.54) is 11.8 Å². The van der Waals surface area contributed by atoms with Crippen LogP contribution in [0, 0.1) is 6.92 Å². The second-order valence-electron chi connectivity index (χ2n) is 6.95. The predicted octanol–water partition coefficient (Wildman–Crippen LogP) is 3.16. The first-order valence-corrected chi connectivity index (χ1v) is 8.56. The van der Waals surface area contributed by atoms with Gasteiger partial charge in [0.15, 0.2) is 0 Å². The molecule has 0 saturated carbocycles. The highest BCUT2D eigenvalue weighted by Gasteiger charge is 2.45. The topological polar surface area (TPSA) is 55.6 Å². The molecule has 2 aromatic rings. The number of piperidine rings is 1. The number of likely N-dealkylation sites (tertiary alicyclic amines) is 1. The lowest BCUT2D eigenvalue weighted by molar-refractivity contribution is -0.0448. The Bertz CT molecular complexity index is 727. The number of hydrogen-bond acceptors (Lipinski definition) is 4. The van der Waals surface area contributed by atoms with E-state index in [0.29, 0.717) is 23.7 Å². The van der Waals surface area contributed by atoms with Crippen LogP contribution in [-0.4, -0.2) is 41.3 Å². The van der Waals surface area contributed by atoms with Crippen molar-refractivity contribution < 1.29 is 14.1 Å². The largest absolute Gasteiger partial charge is 0.372 e. The van der Waals surface area contributed by atoms with Gasteiger partial charge in [0.1, 0.15) is 11.8 Å². The molecule has 0 radical (unpaired) electrons. The smallest absolute Gasteiger partial charge is 0.259 e. The Morgan fingerprint density at radius 3 is 2.92 bits per heavy atom. The van der Waals surface area contributed by atoms with Crippen LogP contribution in [-0.2, 0) is 4.74 Å². The Hall–Kier alpha value is -2.14. The third-order valence-corrected chi connectivity index (χ3v) is 5.29. The van der Waals surface area contributed by atoms with Crippen molar-refractivity contribution in [3.8, 4) is 0 Å². The third-order valence-electron chi connectivity index (χ3n) is 5.29. The van der Waals surface area contributed by atoms with Crippen LogP contribution in [0.4, 0.5) is 0 Å². The first-order chi connectivity index (χ1) is 11.7. The minimum atomic E-state index is -0.209. The van der Waals surface area contributed by atoms with Crippen LogP contribution in [0.2, 0.25) is 0 Å². The van der Waals surface area contributed by atoms with Gasteiger partial charge in [-0.15, -0.1) is 0 Å². The summed E-state index contributed by atoms with van der Waals surface area (Å²) in [5.41, 5.74) is 2.32. The molecule has 24 heavy (non-hydrogen) atoms. The van der Waals surface area contributed by atoms with Crippen molar-refractivity contribution in [2.24, 2.45) is 0 Å². The molecule has 2 unspecified atom stereocenters. The van der Waals surface area contributed by atoms with Gasteiger partial charge in [0, 0.05) is 19.0 Å². The average Bonchev–Trinajstić information content (AvgIpc) is 3.22. The summed E-state index contributed by atoms with van der Waals surface area (Å²) in [7, 11) is 0. The predicted molar refractivity (Wildman–Crippen MR) is 88.9 cm³/mol. The van der Waals surface area contributed by atoms with Crippen molar-refractivity contribution >= 4 is 5.91 Å². The van der Waals surface area contributed by atoms with Crippen molar-refractivity contribution in [2.45, 2.75) is 37.7 Å². The maximum atomic E-state index is 12.7. The van der Waals surface area contributed by atoms with E-state index in [-0.39, 0.29) is 11.5 Å². The van der Waals surface area contributed by atoms with Gasteiger partial charge in [-0.05, 0) is 31.7 Å². The Kier molecular flexibility index (Phi) is 3.88. The third kappa shape index (κ3) is 2.73. The molecule has 2 atom stereocenters. The van der Waals surface area contributed by atoms with Crippen LogP contribution < -0.4 is 0 Å². The van der Waals surface area contributed by atoms with Gasteiger partial charge in [0.05, 0.1) is 17.9 Å². The van der Waals surface area contributed by atoms with Crippen molar-refractivity contribution in [3.63, 3.8) is 0 Å². The Morgan fingerprint density at radius 1 is 1.33 bits per heavy atom. The molecule has 2 fully saturated rings. The van der Waals surface area contributed by atoms with Crippen molar-refractivity contribution in [3.05, 3.63) is 53.4 Å². The molecule has 1 spiro atoms. The van der Waals surface area contributed by atoms with Gasteiger partial charge in [-0.2, -0.15) is 0 Å². The number of carbonyl (C=O) groups is 1. The molecule has 0 aliphatic carbocycles. The number of aromatic nitrogens is 1. The molecule has 1 aromatic heterocycles. The van der Waals surface area contributed by atoms with Gasteiger partial charge in [-0.1, -0.05) is 35.5 Å². The molecule has 3 heterocycles. The lowest BCUT2D eigenvalue weighted by Crippen LogP contribution is -2.50. The van der Waals surface area contributed by atoms with Crippen molar-refractivity contribution in [2.75, 3.05) is 19.7 Å². The zero-order valence-corrected chi connectivity index (χ0v) is 13.9. The first-order valence-electron chi connectivity index (χ1n) is 8.56. The molecule has 4 rings (SSSR count). The Labute approximate surface area is 141 Å². The summed E-state index contributed by atoms with van der Waals surface area (Å²) in [6.07, 6.45) is 4.41. The fourth-order valence-corrected chi connectivity index (χ4v) is 4.01. The van der Waals surface area contributed by atoms with Crippen LogP contribution >= 0.6 is 0 Å². The van der Waals surface area contributed by atoms with Gasteiger partial charge in [-0.3, -0.25) is 4.79 Å². The molecule has 0 N–H and O–H groups in total. The summed E-state index contributed by atoms with van der Waals surface area (Å²) in [4.78, 5) is 14.6. The normalized spacial score (nSPS) is 26.9. The zero-order valence-electron chi connectivity index (χ0n) is 13.9. The number of carbonyl (C=O) groups excluding carboxylic acids is 1. The van der Waals surface area contributed by atoms with E-state index in [0.717, 1.165) is 32.4 Å². The summed E-state index contributed by atoms with van der Waals surface area (Å²) in [5, 5.41) is 3.82. The Balaban J connectivity index is 1.49. The minimum absolute atomic E-state index is 0.000383. The average molecular weight is 326 g/mol. The summed E-state index contributed by atoms with van der Waals surface area (Å²) >= 11 is 0. The van der Waals surface area contributed by atoms with Gasteiger partial charge in [0.25, 0.3) is 5.91 Å².